The second-order valence-corrected chi connectivity index (χ2v) is 5.06. The Morgan fingerprint density at radius 2 is 2.17 bits per heavy atom. The van der Waals surface area contributed by atoms with E-state index in [4.69, 9.17) is 16.3 Å². The van der Waals surface area contributed by atoms with Crippen molar-refractivity contribution in [2.75, 3.05) is 6.54 Å². The second kappa shape index (κ2) is 6.81. The van der Waals surface area contributed by atoms with Gasteiger partial charge in [0.1, 0.15) is 6.10 Å². The molecule has 1 heterocycles. The van der Waals surface area contributed by atoms with Gasteiger partial charge in [-0.1, -0.05) is 30.7 Å². The van der Waals surface area contributed by atoms with Crippen LogP contribution in [0.25, 0.3) is 0 Å². The van der Waals surface area contributed by atoms with Gasteiger partial charge in [0.25, 0.3) is 0 Å². The zero-order valence-electron chi connectivity index (χ0n) is 10.7. The van der Waals surface area contributed by atoms with E-state index in [1.807, 2.05) is 18.4 Å². The maximum atomic E-state index is 5.91. The van der Waals surface area contributed by atoms with Crippen LogP contribution < -0.4 is 5.32 Å². The van der Waals surface area contributed by atoms with E-state index in [1.165, 1.54) is 5.56 Å². The number of rotatable bonds is 5. The lowest BCUT2D eigenvalue weighted by molar-refractivity contribution is 0.119. The van der Waals surface area contributed by atoms with Gasteiger partial charge in [0.05, 0.1) is 6.26 Å². The molecule has 2 unspecified atom stereocenters. The summed E-state index contributed by atoms with van der Waals surface area (Å²) in [4.78, 5) is 0. The SMILES string of the molecule is CCC(NCC1CCC=CO1)c1ccc(Cl)cc1. The number of hydrogen-bond acceptors (Lipinski definition) is 2. The van der Waals surface area contributed by atoms with Crippen LogP contribution in [0.5, 0.6) is 0 Å². The van der Waals surface area contributed by atoms with E-state index in [0.29, 0.717) is 12.1 Å². The molecular weight excluding hydrogens is 246 g/mol. The van der Waals surface area contributed by atoms with Crippen LogP contribution in [-0.4, -0.2) is 12.6 Å². The first-order chi connectivity index (χ1) is 8.79. The smallest absolute Gasteiger partial charge is 0.110 e. The molecule has 0 saturated heterocycles. The fraction of sp³-hybridized carbons (Fsp3) is 0.467. The molecule has 0 saturated carbocycles. The predicted octanol–water partition coefficient (Wildman–Crippen LogP) is 4.07. The molecule has 2 atom stereocenters. The standard InChI is InChI=1S/C15H20ClNO/c1-2-15(12-6-8-13(16)9-7-12)17-11-14-5-3-4-10-18-14/h4,6-10,14-15,17H,2-3,5,11H2,1H3. The molecule has 1 aliphatic heterocycles. The van der Waals surface area contributed by atoms with Crippen LogP contribution in [-0.2, 0) is 4.74 Å². The van der Waals surface area contributed by atoms with Gasteiger partial charge in [-0.3, -0.25) is 0 Å². The highest BCUT2D eigenvalue weighted by Gasteiger charge is 2.14. The minimum atomic E-state index is 0.302. The van der Waals surface area contributed by atoms with Gasteiger partial charge in [-0.25, -0.2) is 0 Å². The Labute approximate surface area is 114 Å². The van der Waals surface area contributed by atoms with Gasteiger partial charge in [-0.15, -0.1) is 0 Å². The lowest BCUT2D eigenvalue weighted by Gasteiger charge is -2.24. The summed E-state index contributed by atoms with van der Waals surface area (Å²) in [6, 6.07) is 8.44. The molecule has 0 amide bonds. The van der Waals surface area contributed by atoms with Gasteiger partial charge in [-0.05, 0) is 43.0 Å². The summed E-state index contributed by atoms with van der Waals surface area (Å²) in [5, 5.41) is 4.36. The third-order valence-corrected chi connectivity index (χ3v) is 3.55. The average molecular weight is 266 g/mol. The Kier molecular flexibility index (Phi) is 5.09. The molecule has 2 nitrogen and oxygen atoms in total. The molecule has 1 aromatic carbocycles. The quantitative estimate of drug-likeness (QED) is 0.866. The lowest BCUT2D eigenvalue weighted by Crippen LogP contribution is -2.31. The Morgan fingerprint density at radius 1 is 1.39 bits per heavy atom. The topological polar surface area (TPSA) is 21.3 Å². The van der Waals surface area contributed by atoms with Gasteiger partial charge >= 0.3 is 0 Å². The number of hydrogen-bond donors (Lipinski definition) is 1. The molecule has 0 fully saturated rings. The zero-order valence-corrected chi connectivity index (χ0v) is 11.5. The van der Waals surface area contributed by atoms with E-state index in [2.05, 4.69) is 30.4 Å². The van der Waals surface area contributed by atoms with E-state index < -0.39 is 0 Å². The highest BCUT2D eigenvalue weighted by molar-refractivity contribution is 6.30. The van der Waals surface area contributed by atoms with Crippen molar-refractivity contribution < 1.29 is 4.74 Å². The van der Waals surface area contributed by atoms with E-state index in [1.54, 1.807) is 0 Å². The Hall–Kier alpha value is -0.990. The highest BCUT2D eigenvalue weighted by atomic mass is 35.5. The molecule has 0 aliphatic carbocycles. The molecule has 1 aliphatic rings. The van der Waals surface area contributed by atoms with Crippen molar-refractivity contribution in [1.29, 1.82) is 0 Å². The third-order valence-electron chi connectivity index (χ3n) is 3.30. The van der Waals surface area contributed by atoms with Crippen molar-refractivity contribution in [3.63, 3.8) is 0 Å². The number of halogens is 1. The normalized spacial score (nSPS) is 20.4. The van der Waals surface area contributed by atoms with Gasteiger partial charge in [0, 0.05) is 17.6 Å². The van der Waals surface area contributed by atoms with E-state index in [-0.39, 0.29) is 0 Å². The lowest BCUT2D eigenvalue weighted by atomic mass is 10.0. The van der Waals surface area contributed by atoms with Crippen LogP contribution in [0.1, 0.15) is 37.8 Å². The minimum Gasteiger partial charge on any atom is -0.497 e. The summed E-state index contributed by atoms with van der Waals surface area (Å²) in [5.74, 6) is 0. The van der Waals surface area contributed by atoms with Gasteiger partial charge < -0.3 is 10.1 Å². The van der Waals surface area contributed by atoms with E-state index in [0.717, 1.165) is 30.8 Å². The molecule has 0 bridgehead atoms. The third kappa shape index (κ3) is 3.76. The van der Waals surface area contributed by atoms with E-state index >= 15 is 0 Å². The van der Waals surface area contributed by atoms with Crippen molar-refractivity contribution in [2.24, 2.45) is 0 Å². The van der Waals surface area contributed by atoms with Crippen molar-refractivity contribution in [3.8, 4) is 0 Å². The van der Waals surface area contributed by atoms with Crippen LogP contribution in [0.15, 0.2) is 36.6 Å². The number of ether oxygens (including phenoxy) is 1. The summed E-state index contributed by atoms with van der Waals surface area (Å²) < 4.78 is 5.56. The van der Waals surface area contributed by atoms with Crippen LogP contribution >= 0.6 is 11.6 Å². The average Bonchev–Trinajstić information content (AvgIpc) is 2.42. The fourth-order valence-electron chi connectivity index (χ4n) is 2.20. The molecule has 0 aromatic heterocycles. The maximum absolute atomic E-state index is 5.91. The minimum absolute atomic E-state index is 0.302. The molecule has 0 radical (unpaired) electrons. The first-order valence-corrected chi connectivity index (χ1v) is 6.96. The number of allylic oxidation sites excluding steroid dienone is 1. The molecule has 2 rings (SSSR count). The van der Waals surface area contributed by atoms with Crippen LogP contribution in [0.2, 0.25) is 5.02 Å². The number of nitrogens with one attached hydrogen (secondary N) is 1. The summed E-state index contributed by atoms with van der Waals surface area (Å²) >= 11 is 5.91. The van der Waals surface area contributed by atoms with Crippen LogP contribution in [0, 0.1) is 0 Å². The van der Waals surface area contributed by atoms with E-state index in [9.17, 15) is 0 Å². The molecule has 3 heteroatoms. The highest BCUT2D eigenvalue weighted by Crippen LogP contribution is 2.20. The first-order valence-electron chi connectivity index (χ1n) is 6.59. The van der Waals surface area contributed by atoms with Gasteiger partial charge in [0.2, 0.25) is 0 Å². The second-order valence-electron chi connectivity index (χ2n) is 4.63. The summed E-state index contributed by atoms with van der Waals surface area (Å²) in [7, 11) is 0. The van der Waals surface area contributed by atoms with Crippen LogP contribution in [0.3, 0.4) is 0 Å². The summed E-state index contributed by atoms with van der Waals surface area (Å²) in [5.41, 5.74) is 1.29. The molecule has 0 spiro atoms. The van der Waals surface area contributed by atoms with Crippen molar-refractivity contribution in [3.05, 3.63) is 47.2 Å². The Morgan fingerprint density at radius 3 is 2.78 bits per heavy atom. The van der Waals surface area contributed by atoms with Crippen molar-refractivity contribution in [1.82, 2.24) is 5.32 Å². The Balaban J connectivity index is 1.88. The largest absolute Gasteiger partial charge is 0.497 e. The monoisotopic (exact) mass is 265 g/mol. The molecule has 98 valence electrons. The fourth-order valence-corrected chi connectivity index (χ4v) is 2.33. The molecule has 1 aromatic rings. The van der Waals surface area contributed by atoms with Gasteiger partial charge in [-0.2, -0.15) is 0 Å². The van der Waals surface area contributed by atoms with Crippen LogP contribution in [0.4, 0.5) is 0 Å². The predicted molar refractivity (Wildman–Crippen MR) is 75.7 cm³/mol. The number of benzene rings is 1. The molecule has 18 heavy (non-hydrogen) atoms. The summed E-state index contributed by atoms with van der Waals surface area (Å²) in [6.07, 6.45) is 7.47. The Bertz CT molecular complexity index is 388. The van der Waals surface area contributed by atoms with Crippen molar-refractivity contribution in [2.45, 2.75) is 38.3 Å². The zero-order chi connectivity index (χ0) is 12.8. The molecule has 1 N–H and O–H groups in total. The van der Waals surface area contributed by atoms with Gasteiger partial charge in [0.15, 0.2) is 0 Å². The van der Waals surface area contributed by atoms with Crippen molar-refractivity contribution >= 4 is 11.6 Å². The summed E-state index contributed by atoms with van der Waals surface area (Å²) in [6.45, 7) is 3.08. The first kappa shape index (κ1) is 13.4. The molecular formula is C15H20ClNO. The maximum Gasteiger partial charge on any atom is 0.110 e.